The molecule has 4 heteroatoms. The molecule has 18 heavy (non-hydrogen) atoms. The van der Waals surface area contributed by atoms with Crippen LogP contribution in [0.4, 0.5) is 0 Å². The Balaban J connectivity index is 1.79. The topological polar surface area (TPSA) is 34.2 Å². The van der Waals surface area contributed by atoms with Gasteiger partial charge in [-0.25, -0.2) is 4.98 Å². The highest BCUT2D eigenvalue weighted by Gasteiger charge is 2.33. The van der Waals surface area contributed by atoms with Crippen LogP contribution < -0.4 is 5.32 Å². The van der Waals surface area contributed by atoms with Crippen molar-refractivity contribution in [1.82, 2.24) is 10.3 Å². The SMILES string of the molecule is CCNC(c1nc2c(s1)CCC2)C1CCC(C)O1. The molecule has 0 amide bonds. The molecule has 3 unspecified atom stereocenters. The van der Waals surface area contributed by atoms with E-state index in [2.05, 4.69) is 19.2 Å². The van der Waals surface area contributed by atoms with Crippen LogP contribution in [0, 0.1) is 0 Å². The maximum Gasteiger partial charge on any atom is 0.113 e. The van der Waals surface area contributed by atoms with Gasteiger partial charge in [-0.3, -0.25) is 0 Å². The summed E-state index contributed by atoms with van der Waals surface area (Å²) in [5.41, 5.74) is 1.35. The molecule has 3 nitrogen and oxygen atoms in total. The lowest BCUT2D eigenvalue weighted by atomic mass is 10.1. The smallest absolute Gasteiger partial charge is 0.113 e. The van der Waals surface area contributed by atoms with Gasteiger partial charge >= 0.3 is 0 Å². The van der Waals surface area contributed by atoms with Crippen molar-refractivity contribution in [3.8, 4) is 0 Å². The molecule has 1 fully saturated rings. The second-order valence-corrected chi connectivity index (χ2v) is 6.49. The van der Waals surface area contributed by atoms with Crippen molar-refractivity contribution in [2.45, 2.75) is 64.2 Å². The van der Waals surface area contributed by atoms with Crippen molar-refractivity contribution in [1.29, 1.82) is 0 Å². The minimum absolute atomic E-state index is 0.301. The summed E-state index contributed by atoms with van der Waals surface area (Å²) in [5.74, 6) is 0. The van der Waals surface area contributed by atoms with E-state index in [9.17, 15) is 0 Å². The molecule has 2 heterocycles. The van der Waals surface area contributed by atoms with Crippen LogP contribution >= 0.6 is 11.3 Å². The molecule has 2 aliphatic rings. The van der Waals surface area contributed by atoms with E-state index in [1.54, 1.807) is 0 Å². The Bertz CT molecular complexity index is 396. The highest BCUT2D eigenvalue weighted by atomic mass is 32.1. The van der Waals surface area contributed by atoms with Gasteiger partial charge in [-0.1, -0.05) is 6.92 Å². The molecule has 0 radical (unpaired) electrons. The second kappa shape index (κ2) is 5.27. The summed E-state index contributed by atoms with van der Waals surface area (Å²) in [5, 5.41) is 4.82. The van der Waals surface area contributed by atoms with E-state index >= 15 is 0 Å². The van der Waals surface area contributed by atoms with E-state index in [4.69, 9.17) is 9.72 Å². The third-order valence-corrected chi connectivity index (χ3v) is 5.18. The third-order valence-electron chi connectivity index (χ3n) is 3.94. The third kappa shape index (κ3) is 2.33. The summed E-state index contributed by atoms with van der Waals surface area (Å²) >= 11 is 1.90. The molecule has 100 valence electrons. The molecular formula is C14H22N2OS. The second-order valence-electron chi connectivity index (χ2n) is 5.37. The number of fused-ring (bicyclic) bond motifs is 1. The lowest BCUT2D eigenvalue weighted by Gasteiger charge is -2.22. The Morgan fingerprint density at radius 2 is 2.33 bits per heavy atom. The summed E-state index contributed by atoms with van der Waals surface area (Å²) in [6.45, 7) is 5.31. The monoisotopic (exact) mass is 266 g/mol. The number of hydrogen-bond donors (Lipinski definition) is 1. The zero-order valence-corrected chi connectivity index (χ0v) is 12.1. The Morgan fingerprint density at radius 1 is 1.44 bits per heavy atom. The minimum atomic E-state index is 0.301. The number of aryl methyl sites for hydroxylation is 2. The molecule has 0 saturated carbocycles. The molecule has 1 saturated heterocycles. The fourth-order valence-electron chi connectivity index (χ4n) is 3.02. The summed E-state index contributed by atoms with van der Waals surface area (Å²) < 4.78 is 6.04. The van der Waals surface area contributed by atoms with Crippen LogP contribution in [0.2, 0.25) is 0 Å². The van der Waals surface area contributed by atoms with Crippen LogP contribution in [0.5, 0.6) is 0 Å². The average Bonchev–Trinajstić information content (AvgIpc) is 3.00. The quantitative estimate of drug-likeness (QED) is 0.910. The Labute approximate surface area is 113 Å². The van der Waals surface area contributed by atoms with E-state index in [1.807, 2.05) is 11.3 Å². The van der Waals surface area contributed by atoms with Crippen LogP contribution in [-0.2, 0) is 17.6 Å². The van der Waals surface area contributed by atoms with Crippen molar-refractivity contribution in [3.05, 3.63) is 15.6 Å². The van der Waals surface area contributed by atoms with Crippen LogP contribution in [-0.4, -0.2) is 23.7 Å². The molecule has 0 bridgehead atoms. The van der Waals surface area contributed by atoms with Gasteiger partial charge in [0.15, 0.2) is 0 Å². The number of aromatic nitrogens is 1. The Morgan fingerprint density at radius 3 is 3.00 bits per heavy atom. The summed E-state index contributed by atoms with van der Waals surface area (Å²) in [4.78, 5) is 6.37. The number of ether oxygens (including phenoxy) is 1. The molecule has 1 aliphatic carbocycles. The first-order valence-corrected chi connectivity index (χ1v) is 7.97. The van der Waals surface area contributed by atoms with Crippen molar-refractivity contribution < 1.29 is 4.74 Å². The summed E-state index contributed by atoms with van der Waals surface area (Å²) in [7, 11) is 0. The first kappa shape index (κ1) is 12.6. The van der Waals surface area contributed by atoms with E-state index < -0.39 is 0 Å². The molecule has 0 aromatic carbocycles. The van der Waals surface area contributed by atoms with Crippen LogP contribution in [0.25, 0.3) is 0 Å². The predicted molar refractivity (Wildman–Crippen MR) is 74.1 cm³/mol. The van der Waals surface area contributed by atoms with Gasteiger partial charge in [0.05, 0.1) is 23.9 Å². The van der Waals surface area contributed by atoms with Crippen LogP contribution in [0.1, 0.15) is 54.7 Å². The normalized spacial score (nSPS) is 28.6. The van der Waals surface area contributed by atoms with Gasteiger partial charge in [-0.2, -0.15) is 0 Å². The van der Waals surface area contributed by atoms with E-state index in [1.165, 1.54) is 41.3 Å². The standard InChI is InChI=1S/C14H22N2OS/c1-3-15-13(11-8-7-9(2)17-11)14-16-10-5-4-6-12(10)18-14/h9,11,13,15H,3-8H2,1-2H3. The van der Waals surface area contributed by atoms with Crippen LogP contribution in [0.15, 0.2) is 0 Å². The lowest BCUT2D eigenvalue weighted by Crippen LogP contribution is -2.32. The highest BCUT2D eigenvalue weighted by molar-refractivity contribution is 7.11. The van der Waals surface area contributed by atoms with E-state index in [-0.39, 0.29) is 0 Å². The van der Waals surface area contributed by atoms with Gasteiger partial charge in [0, 0.05) is 4.88 Å². The van der Waals surface area contributed by atoms with Gasteiger partial charge in [0.1, 0.15) is 5.01 Å². The van der Waals surface area contributed by atoms with Gasteiger partial charge < -0.3 is 10.1 Å². The Kier molecular flexibility index (Phi) is 3.68. The summed E-state index contributed by atoms with van der Waals surface area (Å²) in [6, 6.07) is 0.301. The first-order chi connectivity index (χ1) is 8.78. The molecule has 3 atom stereocenters. The molecule has 1 aliphatic heterocycles. The molecule has 3 rings (SSSR count). The predicted octanol–water partition coefficient (Wildman–Crippen LogP) is 2.85. The maximum absolute atomic E-state index is 6.04. The molecule has 1 aromatic heterocycles. The van der Waals surface area contributed by atoms with Gasteiger partial charge in [0.2, 0.25) is 0 Å². The molecule has 0 spiro atoms. The number of likely N-dealkylation sites (N-methyl/N-ethyl adjacent to an activating group) is 1. The number of rotatable bonds is 4. The number of thiazole rings is 1. The maximum atomic E-state index is 6.04. The molecular weight excluding hydrogens is 244 g/mol. The lowest BCUT2D eigenvalue weighted by molar-refractivity contribution is 0.0319. The fourth-order valence-corrected chi connectivity index (χ4v) is 4.30. The number of hydrogen-bond acceptors (Lipinski definition) is 4. The minimum Gasteiger partial charge on any atom is -0.373 e. The largest absolute Gasteiger partial charge is 0.373 e. The van der Waals surface area contributed by atoms with Gasteiger partial charge in [0.25, 0.3) is 0 Å². The van der Waals surface area contributed by atoms with Crippen molar-refractivity contribution in [3.63, 3.8) is 0 Å². The van der Waals surface area contributed by atoms with Crippen molar-refractivity contribution in [2.75, 3.05) is 6.54 Å². The van der Waals surface area contributed by atoms with Crippen LogP contribution in [0.3, 0.4) is 0 Å². The molecule has 1 aromatic rings. The van der Waals surface area contributed by atoms with Gasteiger partial charge in [-0.05, 0) is 45.6 Å². The van der Waals surface area contributed by atoms with E-state index in [0.717, 1.165) is 13.0 Å². The molecule has 1 N–H and O–H groups in total. The highest BCUT2D eigenvalue weighted by Crippen LogP contribution is 2.35. The fraction of sp³-hybridized carbons (Fsp3) is 0.786. The average molecular weight is 266 g/mol. The van der Waals surface area contributed by atoms with Crippen molar-refractivity contribution >= 4 is 11.3 Å². The zero-order chi connectivity index (χ0) is 12.5. The summed E-state index contributed by atoms with van der Waals surface area (Å²) in [6.07, 6.45) is 6.74. The van der Waals surface area contributed by atoms with Gasteiger partial charge in [-0.15, -0.1) is 11.3 Å². The van der Waals surface area contributed by atoms with Crippen molar-refractivity contribution in [2.24, 2.45) is 0 Å². The zero-order valence-electron chi connectivity index (χ0n) is 11.2. The Hall–Kier alpha value is -0.450. The number of nitrogens with zero attached hydrogens (tertiary/aromatic N) is 1. The van der Waals surface area contributed by atoms with E-state index in [0.29, 0.717) is 18.2 Å². The first-order valence-electron chi connectivity index (χ1n) is 7.15. The number of nitrogens with one attached hydrogen (secondary N) is 1.